The number of halogens is 1. The average molecular weight is 257 g/mol. The van der Waals surface area contributed by atoms with Crippen molar-refractivity contribution in [2.75, 3.05) is 18.0 Å². The van der Waals surface area contributed by atoms with Crippen LogP contribution < -0.4 is 4.90 Å². The third kappa shape index (κ3) is 3.41. The summed E-state index contributed by atoms with van der Waals surface area (Å²) in [5.74, 6) is -0.335. The fraction of sp³-hybridized carbons (Fsp3) is 0.188. The topological polar surface area (TPSA) is 20.3 Å². The van der Waals surface area contributed by atoms with Crippen LogP contribution in [0.4, 0.5) is 10.1 Å². The van der Waals surface area contributed by atoms with Gasteiger partial charge in [0.2, 0.25) is 0 Å². The Kier molecular flexibility index (Phi) is 4.29. The Labute approximate surface area is 112 Å². The predicted molar refractivity (Wildman–Crippen MR) is 75.1 cm³/mol. The lowest BCUT2D eigenvalue weighted by molar-refractivity contribution is 0.0999. The fourth-order valence-electron chi connectivity index (χ4n) is 1.92. The van der Waals surface area contributed by atoms with Crippen LogP contribution in [-0.4, -0.2) is 18.9 Å². The maximum Gasteiger partial charge on any atom is 0.182 e. The van der Waals surface area contributed by atoms with Crippen LogP contribution >= 0.6 is 0 Å². The lowest BCUT2D eigenvalue weighted by atomic mass is 10.1. The van der Waals surface area contributed by atoms with Crippen LogP contribution in [0, 0.1) is 5.82 Å². The number of carbonyl (C=O) groups excluding carboxylic acids is 1. The Hall–Kier alpha value is -2.16. The third-order valence-electron chi connectivity index (χ3n) is 3.00. The summed E-state index contributed by atoms with van der Waals surface area (Å²) in [5.41, 5.74) is 1.55. The van der Waals surface area contributed by atoms with Crippen LogP contribution in [0.3, 0.4) is 0 Å². The quantitative estimate of drug-likeness (QED) is 0.764. The number of hydrogen-bond acceptors (Lipinski definition) is 2. The summed E-state index contributed by atoms with van der Waals surface area (Å²) in [5, 5.41) is 0. The fourth-order valence-corrected chi connectivity index (χ4v) is 1.92. The van der Waals surface area contributed by atoms with Crippen LogP contribution in [0.15, 0.2) is 54.6 Å². The molecule has 2 rings (SSSR count). The number of anilines is 1. The zero-order valence-electron chi connectivity index (χ0n) is 10.8. The standard InChI is InChI=1S/C16H16FNO/c1-2-18(15-6-4-3-5-7-15)12-16(19)13-8-10-14(17)11-9-13/h3-11H,2,12H2,1H3. The molecule has 98 valence electrons. The highest BCUT2D eigenvalue weighted by molar-refractivity contribution is 5.99. The molecule has 0 aliphatic heterocycles. The molecule has 0 aromatic heterocycles. The van der Waals surface area contributed by atoms with Crippen molar-refractivity contribution in [2.24, 2.45) is 0 Å². The number of para-hydroxylation sites is 1. The van der Waals surface area contributed by atoms with Gasteiger partial charge in [-0.2, -0.15) is 0 Å². The van der Waals surface area contributed by atoms with Gasteiger partial charge < -0.3 is 4.90 Å². The van der Waals surface area contributed by atoms with Crippen molar-refractivity contribution in [3.63, 3.8) is 0 Å². The van der Waals surface area contributed by atoms with Crippen LogP contribution in [0.5, 0.6) is 0 Å². The van der Waals surface area contributed by atoms with Gasteiger partial charge >= 0.3 is 0 Å². The van der Waals surface area contributed by atoms with Crippen LogP contribution in [0.25, 0.3) is 0 Å². The van der Waals surface area contributed by atoms with E-state index in [4.69, 9.17) is 0 Å². The molecule has 0 amide bonds. The molecule has 2 aromatic rings. The molecule has 0 saturated heterocycles. The molecule has 2 aromatic carbocycles. The van der Waals surface area contributed by atoms with E-state index < -0.39 is 0 Å². The Morgan fingerprint density at radius 2 is 1.68 bits per heavy atom. The molecule has 0 atom stereocenters. The second kappa shape index (κ2) is 6.14. The molecule has 0 aliphatic rings. The summed E-state index contributed by atoms with van der Waals surface area (Å²) in [4.78, 5) is 14.1. The highest BCUT2D eigenvalue weighted by Crippen LogP contribution is 2.14. The van der Waals surface area contributed by atoms with E-state index >= 15 is 0 Å². The van der Waals surface area contributed by atoms with Crippen molar-refractivity contribution in [3.8, 4) is 0 Å². The molecule has 0 saturated carbocycles. The summed E-state index contributed by atoms with van der Waals surface area (Å²) < 4.78 is 12.8. The van der Waals surface area contributed by atoms with E-state index in [1.165, 1.54) is 24.3 Å². The Balaban J connectivity index is 2.10. The Morgan fingerprint density at radius 3 is 2.26 bits per heavy atom. The zero-order chi connectivity index (χ0) is 13.7. The monoisotopic (exact) mass is 257 g/mol. The van der Waals surface area contributed by atoms with Gasteiger partial charge in [-0.3, -0.25) is 4.79 Å². The molecule has 0 aliphatic carbocycles. The molecular formula is C16H16FNO. The minimum atomic E-state index is -0.327. The van der Waals surface area contributed by atoms with Gasteiger partial charge in [-0.25, -0.2) is 4.39 Å². The molecule has 0 N–H and O–H groups in total. The summed E-state index contributed by atoms with van der Waals surface area (Å²) in [6.07, 6.45) is 0. The molecule has 3 heteroatoms. The summed E-state index contributed by atoms with van der Waals surface area (Å²) >= 11 is 0. The van der Waals surface area contributed by atoms with Gasteiger partial charge in [0.1, 0.15) is 5.82 Å². The lowest BCUT2D eigenvalue weighted by Crippen LogP contribution is -2.29. The van der Waals surface area contributed by atoms with Gasteiger partial charge in [-0.15, -0.1) is 0 Å². The first-order valence-corrected chi connectivity index (χ1v) is 6.29. The predicted octanol–water partition coefficient (Wildman–Crippen LogP) is 3.53. The van der Waals surface area contributed by atoms with Gasteiger partial charge in [0.05, 0.1) is 6.54 Å². The number of benzene rings is 2. The van der Waals surface area contributed by atoms with E-state index in [0.29, 0.717) is 12.1 Å². The summed E-state index contributed by atoms with van der Waals surface area (Å²) in [7, 11) is 0. The van der Waals surface area contributed by atoms with E-state index in [-0.39, 0.29) is 11.6 Å². The van der Waals surface area contributed by atoms with Crippen molar-refractivity contribution in [2.45, 2.75) is 6.92 Å². The lowest BCUT2D eigenvalue weighted by Gasteiger charge is -2.22. The molecular weight excluding hydrogens is 241 g/mol. The Bertz CT molecular complexity index is 536. The second-order valence-corrected chi connectivity index (χ2v) is 4.28. The number of hydrogen-bond donors (Lipinski definition) is 0. The summed E-state index contributed by atoms with van der Waals surface area (Å²) in [6, 6.07) is 15.5. The third-order valence-corrected chi connectivity index (χ3v) is 3.00. The number of carbonyl (C=O) groups is 1. The van der Waals surface area contributed by atoms with E-state index in [1.54, 1.807) is 0 Å². The highest BCUT2D eigenvalue weighted by atomic mass is 19.1. The highest BCUT2D eigenvalue weighted by Gasteiger charge is 2.11. The first-order valence-electron chi connectivity index (χ1n) is 6.29. The SMILES string of the molecule is CCN(CC(=O)c1ccc(F)cc1)c1ccccc1. The number of likely N-dealkylation sites (N-methyl/N-ethyl adjacent to an activating group) is 1. The molecule has 0 radical (unpaired) electrons. The van der Waals surface area contributed by atoms with Crippen molar-refractivity contribution in [1.29, 1.82) is 0 Å². The smallest absolute Gasteiger partial charge is 0.182 e. The van der Waals surface area contributed by atoms with Gasteiger partial charge in [-0.1, -0.05) is 18.2 Å². The van der Waals surface area contributed by atoms with Gasteiger partial charge in [-0.05, 0) is 43.3 Å². The Morgan fingerprint density at radius 1 is 1.05 bits per heavy atom. The molecule has 0 fully saturated rings. The molecule has 0 unspecified atom stereocenters. The minimum absolute atomic E-state index is 0.00861. The van der Waals surface area contributed by atoms with Crippen molar-refractivity contribution in [1.82, 2.24) is 0 Å². The van der Waals surface area contributed by atoms with Crippen molar-refractivity contribution < 1.29 is 9.18 Å². The molecule has 19 heavy (non-hydrogen) atoms. The van der Waals surface area contributed by atoms with Crippen molar-refractivity contribution >= 4 is 11.5 Å². The van der Waals surface area contributed by atoms with E-state index in [0.717, 1.165) is 12.2 Å². The number of nitrogens with zero attached hydrogens (tertiary/aromatic N) is 1. The summed E-state index contributed by atoms with van der Waals surface area (Å²) in [6.45, 7) is 3.05. The average Bonchev–Trinajstić information content (AvgIpc) is 2.46. The largest absolute Gasteiger partial charge is 0.364 e. The minimum Gasteiger partial charge on any atom is -0.364 e. The maximum absolute atomic E-state index is 12.8. The number of Topliss-reactive ketones (excluding diaryl/α,β-unsaturated/α-hetero) is 1. The van der Waals surface area contributed by atoms with Crippen LogP contribution in [-0.2, 0) is 0 Å². The van der Waals surface area contributed by atoms with Crippen LogP contribution in [0.1, 0.15) is 17.3 Å². The number of ketones is 1. The molecule has 0 heterocycles. The van der Waals surface area contributed by atoms with E-state index in [9.17, 15) is 9.18 Å². The molecule has 0 bridgehead atoms. The zero-order valence-corrected chi connectivity index (χ0v) is 10.8. The first kappa shape index (κ1) is 13.3. The first-order chi connectivity index (χ1) is 9.20. The van der Waals surface area contributed by atoms with E-state index in [1.807, 2.05) is 42.2 Å². The normalized spacial score (nSPS) is 10.2. The van der Waals surface area contributed by atoms with Gasteiger partial charge in [0.25, 0.3) is 0 Å². The molecule has 0 spiro atoms. The van der Waals surface area contributed by atoms with Crippen molar-refractivity contribution in [3.05, 3.63) is 66.0 Å². The van der Waals surface area contributed by atoms with Gasteiger partial charge in [0, 0.05) is 17.8 Å². The maximum atomic E-state index is 12.8. The number of rotatable bonds is 5. The molecule has 2 nitrogen and oxygen atoms in total. The van der Waals surface area contributed by atoms with Gasteiger partial charge in [0.15, 0.2) is 5.78 Å². The van der Waals surface area contributed by atoms with E-state index in [2.05, 4.69) is 0 Å². The second-order valence-electron chi connectivity index (χ2n) is 4.28. The van der Waals surface area contributed by atoms with Crippen LogP contribution in [0.2, 0.25) is 0 Å².